The molecule has 0 amide bonds. The maximum absolute atomic E-state index is 8.94. The molecule has 0 N–H and O–H groups in total. The molecule has 0 aliphatic heterocycles. The van der Waals surface area contributed by atoms with Crippen molar-refractivity contribution in [3.63, 3.8) is 0 Å². The second-order valence-corrected chi connectivity index (χ2v) is 6.19. The normalized spacial score (nSPS) is 40.2. The summed E-state index contributed by atoms with van der Waals surface area (Å²) >= 11 is 0. The first-order valence-corrected chi connectivity index (χ1v) is 7.92. The highest BCUT2D eigenvalue weighted by Gasteiger charge is 2.35. The Labute approximate surface area is 134 Å². The van der Waals surface area contributed by atoms with Crippen LogP contribution in [-0.2, 0) is 0 Å². The zero-order chi connectivity index (χ0) is 18.2. The van der Waals surface area contributed by atoms with Crippen LogP contribution in [0.2, 0.25) is 0 Å². The summed E-state index contributed by atoms with van der Waals surface area (Å²) in [5, 5.41) is 8.94. The summed E-state index contributed by atoms with van der Waals surface area (Å²) in [5.41, 5.74) is 1.84. The zero-order valence-corrected chi connectivity index (χ0v) is 12.5. The Bertz CT molecular complexity index is 687. The maximum Gasteiger partial charge on any atom is 0.0991 e. The van der Waals surface area contributed by atoms with Crippen molar-refractivity contribution in [2.24, 2.45) is 17.8 Å². The third-order valence-corrected chi connectivity index (χ3v) is 4.87. The second-order valence-electron chi connectivity index (χ2n) is 6.19. The number of hydrogen-bond donors (Lipinski definition) is 0. The summed E-state index contributed by atoms with van der Waals surface area (Å²) in [7, 11) is 0. The summed E-state index contributed by atoms with van der Waals surface area (Å²) in [6.07, 6.45) is 3.48. The van der Waals surface area contributed by atoms with E-state index in [1.807, 2.05) is 31.2 Å². The lowest BCUT2D eigenvalue weighted by Gasteiger charge is -2.41. The molecule has 2 aliphatic rings. The van der Waals surface area contributed by atoms with E-state index in [1.165, 1.54) is 5.56 Å². The summed E-state index contributed by atoms with van der Waals surface area (Å²) in [5.74, 6) is -0.343. The van der Waals surface area contributed by atoms with Crippen LogP contribution in [0.4, 0.5) is 0 Å². The van der Waals surface area contributed by atoms with E-state index in [1.54, 1.807) is 12.2 Å². The quantitative estimate of drug-likeness (QED) is 0.663. The topological polar surface area (TPSA) is 23.8 Å². The van der Waals surface area contributed by atoms with Gasteiger partial charge in [0.15, 0.2) is 0 Å². The molecule has 2 aliphatic carbocycles. The van der Waals surface area contributed by atoms with E-state index < -0.39 is 18.7 Å². The number of nitriles is 1. The van der Waals surface area contributed by atoms with Crippen molar-refractivity contribution >= 4 is 0 Å². The van der Waals surface area contributed by atoms with E-state index in [0.29, 0.717) is 17.9 Å². The van der Waals surface area contributed by atoms with Crippen LogP contribution in [0.5, 0.6) is 0 Å². The predicted molar refractivity (Wildman–Crippen MR) is 86.9 cm³/mol. The zero-order valence-electron chi connectivity index (χ0n) is 16.5. The molecule has 1 nitrogen and oxygen atoms in total. The van der Waals surface area contributed by atoms with E-state index in [9.17, 15) is 0 Å². The van der Waals surface area contributed by atoms with Crippen LogP contribution in [0.15, 0.2) is 36.4 Å². The van der Waals surface area contributed by atoms with Crippen LogP contribution in [-0.4, -0.2) is 0 Å². The van der Waals surface area contributed by atoms with E-state index >= 15 is 0 Å². The van der Waals surface area contributed by atoms with Crippen molar-refractivity contribution in [2.75, 3.05) is 0 Å². The van der Waals surface area contributed by atoms with Gasteiger partial charge in [0.1, 0.15) is 0 Å². The Morgan fingerprint density at radius 3 is 2.71 bits per heavy atom. The first kappa shape index (κ1) is 10.2. The minimum atomic E-state index is -1.51. The maximum atomic E-state index is 8.94. The van der Waals surface area contributed by atoms with Gasteiger partial charge in [-0.3, -0.25) is 0 Å². The average Bonchev–Trinajstić information content (AvgIpc) is 2.58. The van der Waals surface area contributed by atoms with Gasteiger partial charge in [0.2, 0.25) is 0 Å². The second kappa shape index (κ2) is 6.48. The third-order valence-electron chi connectivity index (χ3n) is 4.87. The third kappa shape index (κ3) is 3.21. The van der Waals surface area contributed by atoms with Gasteiger partial charge in [-0.2, -0.15) is 5.26 Å². The summed E-state index contributed by atoms with van der Waals surface area (Å²) in [6, 6.07) is 9.80. The highest BCUT2D eigenvalue weighted by molar-refractivity contribution is 5.33. The average molecular weight is 283 g/mol. The number of benzene rings is 1. The molecular weight excluding hydrogens is 254 g/mol. The van der Waals surface area contributed by atoms with E-state index in [0.717, 1.165) is 19.3 Å². The first-order chi connectivity index (χ1) is 11.8. The lowest BCUT2D eigenvalue weighted by atomic mass is 9.64. The van der Waals surface area contributed by atoms with Crippen LogP contribution < -0.4 is 0 Å². The van der Waals surface area contributed by atoms with Crippen molar-refractivity contribution in [1.82, 2.24) is 0 Å². The van der Waals surface area contributed by atoms with Crippen molar-refractivity contribution in [1.29, 1.82) is 5.26 Å². The molecule has 21 heavy (non-hydrogen) atoms. The van der Waals surface area contributed by atoms with Crippen molar-refractivity contribution in [3.8, 4) is 6.07 Å². The van der Waals surface area contributed by atoms with E-state index in [4.69, 9.17) is 10.7 Å². The number of nitrogens with zero attached hydrogens (tertiary/aromatic N) is 1. The molecule has 4 atom stereocenters. The van der Waals surface area contributed by atoms with Crippen molar-refractivity contribution in [2.45, 2.75) is 51.3 Å². The SMILES string of the molecule is [2H]C1([2H])CC2CC(c3ccc(C#N)cc3)CCC2C([2H])([2H])C1/C=C/C. The van der Waals surface area contributed by atoms with Crippen LogP contribution in [0.25, 0.3) is 0 Å². The van der Waals surface area contributed by atoms with Crippen LogP contribution in [0.3, 0.4) is 0 Å². The highest BCUT2D eigenvalue weighted by Crippen LogP contribution is 2.47. The van der Waals surface area contributed by atoms with Crippen LogP contribution in [0.1, 0.15) is 67.9 Å². The highest BCUT2D eigenvalue weighted by atomic mass is 14.4. The number of rotatable bonds is 2. The van der Waals surface area contributed by atoms with E-state index in [-0.39, 0.29) is 11.8 Å². The fraction of sp³-hybridized carbons (Fsp3) is 0.550. The van der Waals surface area contributed by atoms with Crippen molar-refractivity contribution in [3.05, 3.63) is 47.5 Å². The van der Waals surface area contributed by atoms with Crippen LogP contribution in [0, 0.1) is 29.1 Å². The molecular formula is C20H25N. The molecule has 2 saturated carbocycles. The smallest absolute Gasteiger partial charge is 0.0991 e. The van der Waals surface area contributed by atoms with Crippen molar-refractivity contribution < 1.29 is 5.48 Å². The molecule has 4 unspecified atom stereocenters. The molecule has 0 heterocycles. The lowest BCUT2D eigenvalue weighted by Crippen LogP contribution is -2.30. The molecule has 3 rings (SSSR count). The fourth-order valence-electron chi connectivity index (χ4n) is 3.73. The molecule has 110 valence electrons. The fourth-order valence-corrected chi connectivity index (χ4v) is 3.73. The Hall–Kier alpha value is -1.55. The molecule has 0 spiro atoms. The van der Waals surface area contributed by atoms with Crippen LogP contribution >= 0.6 is 0 Å². The molecule has 0 saturated heterocycles. The van der Waals surface area contributed by atoms with Gasteiger partial charge < -0.3 is 0 Å². The monoisotopic (exact) mass is 283 g/mol. The molecule has 0 radical (unpaired) electrons. The molecule has 0 aromatic heterocycles. The summed E-state index contributed by atoms with van der Waals surface area (Å²) < 4.78 is 34.1. The van der Waals surface area contributed by atoms with Gasteiger partial charge in [0.05, 0.1) is 11.6 Å². The molecule has 1 aromatic carbocycles. The lowest BCUT2D eigenvalue weighted by molar-refractivity contribution is 0.133. The van der Waals surface area contributed by atoms with Gasteiger partial charge in [0, 0.05) is 5.48 Å². The van der Waals surface area contributed by atoms with Gasteiger partial charge in [-0.15, -0.1) is 0 Å². The first-order valence-electron chi connectivity index (χ1n) is 9.92. The Kier molecular flexibility index (Phi) is 3.15. The van der Waals surface area contributed by atoms with Gasteiger partial charge in [0.25, 0.3) is 0 Å². The van der Waals surface area contributed by atoms with Gasteiger partial charge in [-0.1, -0.05) is 24.3 Å². The summed E-state index contributed by atoms with van der Waals surface area (Å²) in [6.45, 7) is 1.83. The summed E-state index contributed by atoms with van der Waals surface area (Å²) in [4.78, 5) is 0. The molecule has 0 bridgehead atoms. The Morgan fingerprint density at radius 2 is 2.00 bits per heavy atom. The van der Waals surface area contributed by atoms with Gasteiger partial charge >= 0.3 is 0 Å². The molecule has 1 heteroatoms. The standard InChI is InChI=1S/C20H25N/c1-2-3-15-4-9-20-13-19(11-10-18(20)12-15)17-7-5-16(14-21)6-8-17/h2-3,5-8,15,18-20H,4,9-13H2,1H3/b3-2+/i4D2,12D2. The number of hydrogen-bond acceptors (Lipinski definition) is 1. The van der Waals surface area contributed by atoms with E-state index in [2.05, 4.69) is 6.07 Å². The molecule has 1 aromatic rings. The van der Waals surface area contributed by atoms with Gasteiger partial charge in [-0.25, -0.2) is 0 Å². The predicted octanol–water partition coefficient (Wildman–Crippen LogP) is 5.43. The minimum absolute atomic E-state index is 0.0703. The van der Waals surface area contributed by atoms with Gasteiger partial charge in [-0.05, 0) is 86.7 Å². The Morgan fingerprint density at radius 1 is 1.19 bits per heavy atom. The minimum Gasteiger partial charge on any atom is -0.192 e. The number of allylic oxidation sites excluding steroid dienone is 2. The molecule has 2 fully saturated rings. The number of fused-ring (bicyclic) bond motifs is 1. The largest absolute Gasteiger partial charge is 0.192 e. The Balaban J connectivity index is 1.83.